The van der Waals surface area contributed by atoms with Crippen molar-refractivity contribution in [3.8, 4) is 16.2 Å². The maximum Gasteiger partial charge on any atom is 0.227 e. The van der Waals surface area contributed by atoms with E-state index in [2.05, 4.69) is 21.4 Å². The van der Waals surface area contributed by atoms with Crippen LogP contribution in [0.3, 0.4) is 0 Å². The zero-order chi connectivity index (χ0) is 20.1. The fourth-order valence-electron chi connectivity index (χ4n) is 3.17. The summed E-state index contributed by atoms with van der Waals surface area (Å²) >= 11 is 1.67. The third-order valence-corrected chi connectivity index (χ3v) is 5.52. The van der Waals surface area contributed by atoms with E-state index < -0.39 is 5.92 Å². The van der Waals surface area contributed by atoms with Crippen LogP contribution in [0.2, 0.25) is 0 Å². The van der Waals surface area contributed by atoms with E-state index in [1.807, 2.05) is 53.9 Å². The summed E-state index contributed by atoms with van der Waals surface area (Å²) in [7, 11) is 1.62. The Hall–Kier alpha value is -3.51. The second kappa shape index (κ2) is 8.67. The van der Waals surface area contributed by atoms with Crippen molar-refractivity contribution < 1.29 is 9.53 Å². The van der Waals surface area contributed by atoms with Crippen LogP contribution in [0.25, 0.3) is 10.4 Å². The number of aldehydes is 1. The van der Waals surface area contributed by atoms with Crippen molar-refractivity contribution in [1.82, 2.24) is 9.97 Å². The number of ether oxygens (including phenoxy) is 1. The Labute approximate surface area is 173 Å². The normalized spacial score (nSPS) is 11.6. The number of carbonyl (C=O) groups is 1. The highest BCUT2D eigenvalue weighted by Crippen LogP contribution is 2.36. The van der Waals surface area contributed by atoms with Crippen molar-refractivity contribution in [2.24, 2.45) is 0 Å². The van der Waals surface area contributed by atoms with E-state index in [9.17, 15) is 4.79 Å². The maximum absolute atomic E-state index is 12.1. The number of anilines is 2. The first kappa shape index (κ1) is 18.8. The molecule has 0 amide bonds. The minimum absolute atomic E-state index is 0.424. The Balaban J connectivity index is 1.65. The van der Waals surface area contributed by atoms with Gasteiger partial charge in [0, 0.05) is 28.5 Å². The first-order valence-electron chi connectivity index (χ1n) is 9.09. The molecule has 1 atom stereocenters. The Bertz CT molecular complexity index is 1080. The monoisotopic (exact) mass is 401 g/mol. The zero-order valence-corrected chi connectivity index (χ0v) is 16.6. The molecule has 2 aromatic carbocycles. The van der Waals surface area contributed by atoms with E-state index >= 15 is 0 Å². The number of methoxy groups -OCH3 is 1. The van der Waals surface area contributed by atoms with Gasteiger partial charge in [0.2, 0.25) is 5.95 Å². The van der Waals surface area contributed by atoms with Gasteiger partial charge in [-0.1, -0.05) is 18.2 Å². The largest absolute Gasteiger partial charge is 0.496 e. The molecule has 1 unspecified atom stereocenters. The number of thiophene rings is 1. The van der Waals surface area contributed by atoms with Gasteiger partial charge < -0.3 is 14.8 Å². The molecule has 0 fully saturated rings. The quantitative estimate of drug-likeness (QED) is 0.426. The predicted octanol–water partition coefficient (Wildman–Crippen LogP) is 5.29. The van der Waals surface area contributed by atoms with Crippen molar-refractivity contribution in [2.45, 2.75) is 5.92 Å². The van der Waals surface area contributed by atoms with Crippen LogP contribution >= 0.6 is 11.3 Å². The minimum atomic E-state index is -0.424. The third-order valence-electron chi connectivity index (χ3n) is 4.60. The highest BCUT2D eigenvalue weighted by Gasteiger charge is 2.19. The van der Waals surface area contributed by atoms with Crippen LogP contribution in [0, 0.1) is 0 Å². The smallest absolute Gasteiger partial charge is 0.227 e. The Morgan fingerprint density at radius 2 is 1.83 bits per heavy atom. The van der Waals surface area contributed by atoms with Gasteiger partial charge in [0.1, 0.15) is 12.0 Å². The number of nitrogens with zero attached hydrogens (tertiary/aromatic N) is 2. The van der Waals surface area contributed by atoms with E-state index in [1.54, 1.807) is 36.9 Å². The number of nitrogens with one attached hydrogen (secondary N) is 1. The van der Waals surface area contributed by atoms with Crippen LogP contribution in [0.1, 0.15) is 17.0 Å². The first-order chi connectivity index (χ1) is 14.3. The van der Waals surface area contributed by atoms with Crippen LogP contribution in [-0.2, 0) is 4.79 Å². The lowest BCUT2D eigenvalue weighted by Crippen LogP contribution is -2.05. The molecule has 6 heteroatoms. The number of aromatic nitrogens is 2. The number of hydrogen-bond acceptors (Lipinski definition) is 6. The second-order valence-corrected chi connectivity index (χ2v) is 7.31. The van der Waals surface area contributed by atoms with E-state index in [1.165, 1.54) is 0 Å². The molecule has 0 radical (unpaired) electrons. The molecule has 0 aliphatic rings. The van der Waals surface area contributed by atoms with Gasteiger partial charge >= 0.3 is 0 Å². The van der Waals surface area contributed by atoms with Crippen molar-refractivity contribution in [3.63, 3.8) is 0 Å². The van der Waals surface area contributed by atoms with E-state index in [0.717, 1.165) is 33.5 Å². The summed E-state index contributed by atoms with van der Waals surface area (Å²) in [5.41, 5.74) is 3.66. The van der Waals surface area contributed by atoms with Crippen LogP contribution in [-0.4, -0.2) is 23.4 Å². The SMILES string of the molecule is COc1ccc(-c2cccs2)cc1C(C=O)c1ccc(Nc2ncccn2)cc1. The molecule has 2 heterocycles. The molecule has 0 spiro atoms. The van der Waals surface area contributed by atoms with Crippen molar-refractivity contribution in [2.75, 3.05) is 12.4 Å². The van der Waals surface area contributed by atoms with Gasteiger partial charge in [-0.3, -0.25) is 0 Å². The van der Waals surface area contributed by atoms with E-state index in [4.69, 9.17) is 4.74 Å². The van der Waals surface area contributed by atoms with Gasteiger partial charge in [0.25, 0.3) is 0 Å². The number of hydrogen-bond donors (Lipinski definition) is 1. The van der Waals surface area contributed by atoms with E-state index in [-0.39, 0.29) is 0 Å². The van der Waals surface area contributed by atoms with Gasteiger partial charge in [-0.2, -0.15) is 0 Å². The summed E-state index contributed by atoms with van der Waals surface area (Å²) in [5.74, 6) is 0.798. The fraction of sp³-hybridized carbons (Fsp3) is 0.0870. The van der Waals surface area contributed by atoms with Gasteiger partial charge in [-0.05, 0) is 59.0 Å². The predicted molar refractivity (Wildman–Crippen MR) is 116 cm³/mol. The molecule has 0 saturated carbocycles. The number of benzene rings is 2. The van der Waals surface area contributed by atoms with Crippen LogP contribution in [0.4, 0.5) is 11.6 Å². The summed E-state index contributed by atoms with van der Waals surface area (Å²) in [5, 5.41) is 5.18. The Morgan fingerprint density at radius 3 is 2.48 bits per heavy atom. The second-order valence-electron chi connectivity index (χ2n) is 6.37. The summed E-state index contributed by atoms with van der Waals surface area (Å²) in [6.45, 7) is 0. The summed E-state index contributed by atoms with van der Waals surface area (Å²) < 4.78 is 5.54. The molecule has 4 aromatic rings. The standard InChI is InChI=1S/C23H19N3O2S/c1-28-21-10-7-17(22-4-2-13-29-22)14-19(21)20(15-27)16-5-8-18(9-6-16)26-23-24-11-3-12-25-23/h2-15,20H,1H3,(H,24,25,26). The first-order valence-corrected chi connectivity index (χ1v) is 9.97. The van der Waals surface area contributed by atoms with Gasteiger partial charge in [0.05, 0.1) is 13.0 Å². The fourth-order valence-corrected chi connectivity index (χ4v) is 3.90. The molecule has 144 valence electrons. The van der Waals surface area contributed by atoms with Crippen LogP contribution in [0.5, 0.6) is 5.75 Å². The molecule has 0 aliphatic carbocycles. The summed E-state index contributed by atoms with van der Waals surface area (Å²) in [4.78, 5) is 21.5. The summed E-state index contributed by atoms with van der Waals surface area (Å²) in [6, 6.07) is 19.5. The highest BCUT2D eigenvalue weighted by atomic mass is 32.1. The average Bonchev–Trinajstić information content (AvgIpc) is 3.31. The molecule has 2 aromatic heterocycles. The van der Waals surface area contributed by atoms with Gasteiger partial charge in [-0.25, -0.2) is 9.97 Å². The highest BCUT2D eigenvalue weighted by molar-refractivity contribution is 7.13. The van der Waals surface area contributed by atoms with Gasteiger partial charge in [0.15, 0.2) is 0 Å². The third kappa shape index (κ3) is 4.17. The minimum Gasteiger partial charge on any atom is -0.496 e. The van der Waals surface area contributed by atoms with Crippen LogP contribution in [0.15, 0.2) is 78.4 Å². The molecule has 1 N–H and O–H groups in total. The van der Waals surface area contributed by atoms with Crippen molar-refractivity contribution in [1.29, 1.82) is 0 Å². The Morgan fingerprint density at radius 1 is 1.03 bits per heavy atom. The number of rotatable bonds is 7. The average molecular weight is 401 g/mol. The molecule has 29 heavy (non-hydrogen) atoms. The molecule has 5 nitrogen and oxygen atoms in total. The summed E-state index contributed by atoms with van der Waals surface area (Å²) in [6.07, 6.45) is 4.32. The molecule has 0 saturated heterocycles. The number of carbonyl (C=O) groups excluding carboxylic acids is 1. The molecular weight excluding hydrogens is 382 g/mol. The van der Waals surface area contributed by atoms with Gasteiger partial charge in [-0.15, -0.1) is 11.3 Å². The van der Waals surface area contributed by atoms with Crippen LogP contribution < -0.4 is 10.1 Å². The Kier molecular flexibility index (Phi) is 5.63. The molecule has 4 rings (SSSR count). The lowest BCUT2D eigenvalue weighted by molar-refractivity contribution is -0.108. The lowest BCUT2D eigenvalue weighted by Gasteiger charge is -2.17. The lowest BCUT2D eigenvalue weighted by atomic mass is 9.90. The molecular formula is C23H19N3O2S. The van der Waals surface area contributed by atoms with E-state index in [0.29, 0.717) is 11.7 Å². The maximum atomic E-state index is 12.1. The zero-order valence-electron chi connectivity index (χ0n) is 15.8. The van der Waals surface area contributed by atoms with Crippen molar-refractivity contribution in [3.05, 3.63) is 89.6 Å². The molecule has 0 bridgehead atoms. The van der Waals surface area contributed by atoms with Crippen molar-refractivity contribution >= 4 is 29.3 Å². The molecule has 0 aliphatic heterocycles. The topological polar surface area (TPSA) is 64.1 Å².